The maximum atomic E-state index is 12.7. The summed E-state index contributed by atoms with van der Waals surface area (Å²) >= 11 is 1.73. The Kier molecular flexibility index (Phi) is 3.65. The van der Waals surface area contributed by atoms with Gasteiger partial charge < -0.3 is 9.80 Å². The van der Waals surface area contributed by atoms with E-state index in [2.05, 4.69) is 11.9 Å². The van der Waals surface area contributed by atoms with Gasteiger partial charge in [-0.25, -0.2) is 0 Å². The van der Waals surface area contributed by atoms with Gasteiger partial charge in [-0.05, 0) is 31.0 Å². The molecule has 1 aromatic rings. The molecule has 0 saturated carbocycles. The lowest BCUT2D eigenvalue weighted by Crippen LogP contribution is -2.50. The second kappa shape index (κ2) is 5.33. The first kappa shape index (κ1) is 14.4. The maximum Gasteiger partial charge on any atom is 0.246 e. The summed E-state index contributed by atoms with van der Waals surface area (Å²) < 4.78 is 0. The van der Waals surface area contributed by atoms with Gasteiger partial charge in [-0.1, -0.05) is 0 Å². The highest BCUT2D eigenvalue weighted by molar-refractivity contribution is 8.01. The van der Waals surface area contributed by atoms with Crippen molar-refractivity contribution in [2.45, 2.75) is 37.2 Å². The lowest BCUT2D eigenvalue weighted by atomic mass is 10.2. The molecule has 2 fully saturated rings. The molecule has 2 aliphatic rings. The topological polar surface area (TPSA) is 53.5 Å². The fourth-order valence-electron chi connectivity index (χ4n) is 3.10. The Morgan fingerprint density at radius 2 is 2.24 bits per heavy atom. The fourth-order valence-corrected chi connectivity index (χ4v) is 4.52. The zero-order valence-corrected chi connectivity index (χ0v) is 13.1. The minimum absolute atomic E-state index is 0.0262. The van der Waals surface area contributed by atoms with Crippen molar-refractivity contribution in [1.29, 1.82) is 0 Å². The van der Waals surface area contributed by atoms with E-state index in [-0.39, 0.29) is 22.7 Å². The van der Waals surface area contributed by atoms with Crippen LogP contribution in [-0.4, -0.2) is 50.3 Å². The van der Waals surface area contributed by atoms with Gasteiger partial charge in [0.25, 0.3) is 0 Å². The summed E-state index contributed by atoms with van der Waals surface area (Å²) in [6, 6.07) is 3.48. The number of nitrogens with zero attached hydrogens (tertiary/aromatic N) is 3. The van der Waals surface area contributed by atoms with Gasteiger partial charge >= 0.3 is 0 Å². The second-order valence-electron chi connectivity index (χ2n) is 5.82. The third kappa shape index (κ3) is 2.52. The van der Waals surface area contributed by atoms with Gasteiger partial charge in [-0.3, -0.25) is 14.6 Å². The molecule has 21 heavy (non-hydrogen) atoms. The van der Waals surface area contributed by atoms with Crippen LogP contribution in [0.1, 0.15) is 25.3 Å². The summed E-state index contributed by atoms with van der Waals surface area (Å²) in [7, 11) is 1.80. The van der Waals surface area contributed by atoms with Gasteiger partial charge in [0.2, 0.25) is 11.8 Å². The van der Waals surface area contributed by atoms with Gasteiger partial charge in [-0.15, -0.1) is 11.8 Å². The molecule has 3 rings (SSSR count). The van der Waals surface area contributed by atoms with E-state index in [4.69, 9.17) is 0 Å². The second-order valence-corrected chi connectivity index (χ2v) is 7.32. The Labute approximate surface area is 128 Å². The standard InChI is InChI=1S/C15H19N3O2S/c1-15-6-3-13(19)18(15)12(10-21-15)14(20)17(2)9-11-4-7-16-8-5-11/h4-5,7-8,12H,3,6,9-10H2,1-2H3. The molecular formula is C15H19N3O2S. The van der Waals surface area contributed by atoms with Crippen LogP contribution in [0.25, 0.3) is 0 Å². The van der Waals surface area contributed by atoms with E-state index in [9.17, 15) is 9.59 Å². The Hall–Kier alpha value is -1.56. The monoisotopic (exact) mass is 305 g/mol. The molecule has 0 bridgehead atoms. The molecule has 2 saturated heterocycles. The number of carbonyl (C=O) groups is 2. The minimum atomic E-state index is -0.318. The van der Waals surface area contributed by atoms with E-state index in [1.165, 1.54) is 0 Å². The molecule has 3 heterocycles. The van der Waals surface area contributed by atoms with Gasteiger partial charge in [-0.2, -0.15) is 0 Å². The quantitative estimate of drug-likeness (QED) is 0.849. The number of pyridine rings is 1. The predicted octanol–water partition coefficient (Wildman–Crippen LogP) is 1.49. The SMILES string of the molecule is CN(Cc1ccncc1)C(=O)C1CSC2(C)CCC(=O)N12. The number of hydrogen-bond acceptors (Lipinski definition) is 4. The molecule has 0 spiro atoms. The lowest BCUT2D eigenvalue weighted by molar-refractivity contribution is -0.143. The molecule has 6 heteroatoms. The molecule has 0 radical (unpaired) electrons. The van der Waals surface area contributed by atoms with Crippen molar-refractivity contribution < 1.29 is 9.59 Å². The van der Waals surface area contributed by atoms with Crippen molar-refractivity contribution in [2.75, 3.05) is 12.8 Å². The number of aromatic nitrogens is 1. The first-order valence-electron chi connectivity index (χ1n) is 7.11. The smallest absolute Gasteiger partial charge is 0.246 e. The van der Waals surface area contributed by atoms with Crippen LogP contribution in [0, 0.1) is 0 Å². The molecule has 2 unspecified atom stereocenters. The van der Waals surface area contributed by atoms with Gasteiger partial charge in [0.1, 0.15) is 6.04 Å². The fraction of sp³-hybridized carbons (Fsp3) is 0.533. The first-order valence-corrected chi connectivity index (χ1v) is 8.10. The number of hydrogen-bond donors (Lipinski definition) is 0. The minimum Gasteiger partial charge on any atom is -0.340 e. The largest absolute Gasteiger partial charge is 0.340 e. The van der Waals surface area contributed by atoms with Crippen LogP contribution in [0.5, 0.6) is 0 Å². The van der Waals surface area contributed by atoms with Crippen LogP contribution in [0.2, 0.25) is 0 Å². The van der Waals surface area contributed by atoms with Gasteiger partial charge in [0.05, 0.1) is 4.87 Å². The van der Waals surface area contributed by atoms with Crippen LogP contribution < -0.4 is 0 Å². The maximum absolute atomic E-state index is 12.7. The van der Waals surface area contributed by atoms with Crippen LogP contribution in [0.3, 0.4) is 0 Å². The number of rotatable bonds is 3. The summed E-state index contributed by atoms with van der Waals surface area (Å²) in [6.07, 6.45) is 4.84. The van der Waals surface area contributed by atoms with Crippen molar-refractivity contribution in [2.24, 2.45) is 0 Å². The van der Waals surface area contributed by atoms with E-state index in [0.717, 1.165) is 12.0 Å². The molecule has 0 N–H and O–H groups in total. The van der Waals surface area contributed by atoms with E-state index in [1.807, 2.05) is 17.0 Å². The highest BCUT2D eigenvalue weighted by atomic mass is 32.2. The average molecular weight is 305 g/mol. The van der Waals surface area contributed by atoms with Gasteiger partial charge in [0, 0.05) is 38.2 Å². The molecule has 1 aromatic heterocycles. The number of carbonyl (C=O) groups excluding carboxylic acids is 2. The van der Waals surface area contributed by atoms with Gasteiger partial charge in [0.15, 0.2) is 0 Å². The van der Waals surface area contributed by atoms with Crippen molar-refractivity contribution in [3.8, 4) is 0 Å². The van der Waals surface area contributed by atoms with E-state index in [0.29, 0.717) is 18.7 Å². The Morgan fingerprint density at radius 1 is 1.52 bits per heavy atom. The number of thioether (sulfide) groups is 1. The summed E-state index contributed by atoms with van der Waals surface area (Å²) in [5.41, 5.74) is 1.04. The van der Waals surface area contributed by atoms with E-state index >= 15 is 0 Å². The van der Waals surface area contributed by atoms with Crippen LogP contribution >= 0.6 is 11.8 Å². The number of likely N-dealkylation sites (N-methyl/N-ethyl adjacent to an activating group) is 1. The molecular weight excluding hydrogens is 286 g/mol. The van der Waals surface area contributed by atoms with Crippen molar-refractivity contribution in [3.63, 3.8) is 0 Å². The van der Waals surface area contributed by atoms with Crippen molar-refractivity contribution in [3.05, 3.63) is 30.1 Å². The van der Waals surface area contributed by atoms with Crippen LogP contribution in [0.4, 0.5) is 0 Å². The van der Waals surface area contributed by atoms with E-state index in [1.54, 1.807) is 36.1 Å². The van der Waals surface area contributed by atoms with Crippen LogP contribution in [-0.2, 0) is 16.1 Å². The highest BCUT2D eigenvalue weighted by Gasteiger charge is 2.53. The molecule has 0 aromatic carbocycles. The highest BCUT2D eigenvalue weighted by Crippen LogP contribution is 2.47. The van der Waals surface area contributed by atoms with Crippen molar-refractivity contribution in [1.82, 2.24) is 14.8 Å². The molecule has 112 valence electrons. The van der Waals surface area contributed by atoms with Crippen molar-refractivity contribution >= 4 is 23.6 Å². The lowest BCUT2D eigenvalue weighted by Gasteiger charge is -2.31. The molecule has 2 amide bonds. The zero-order valence-electron chi connectivity index (χ0n) is 12.3. The third-order valence-electron chi connectivity index (χ3n) is 4.28. The Bertz CT molecular complexity index is 565. The number of amides is 2. The molecule has 5 nitrogen and oxygen atoms in total. The first-order chi connectivity index (χ1) is 10.0. The summed E-state index contributed by atoms with van der Waals surface area (Å²) in [4.78, 5) is 32.1. The molecule has 0 aliphatic carbocycles. The summed E-state index contributed by atoms with van der Waals surface area (Å²) in [6.45, 7) is 2.61. The molecule has 2 atom stereocenters. The number of fused-ring (bicyclic) bond motifs is 1. The Balaban J connectivity index is 1.72. The summed E-state index contributed by atoms with van der Waals surface area (Å²) in [5, 5.41) is 0. The molecule has 2 aliphatic heterocycles. The van der Waals surface area contributed by atoms with E-state index < -0.39 is 0 Å². The zero-order chi connectivity index (χ0) is 15.0. The Morgan fingerprint density at radius 3 is 2.95 bits per heavy atom. The normalized spacial score (nSPS) is 27.8. The third-order valence-corrected chi connectivity index (χ3v) is 5.78. The predicted molar refractivity (Wildman–Crippen MR) is 81.4 cm³/mol. The summed E-state index contributed by atoms with van der Waals surface area (Å²) in [5.74, 6) is 0.832. The van der Waals surface area contributed by atoms with Crippen LogP contribution in [0.15, 0.2) is 24.5 Å². The average Bonchev–Trinajstić information content (AvgIpc) is 2.96.